The number of anilines is 2. The Kier molecular flexibility index (Phi) is 8.44. The highest BCUT2D eigenvalue weighted by Gasteiger charge is 2.35. The Bertz CT molecular complexity index is 1780. The van der Waals surface area contributed by atoms with Gasteiger partial charge >= 0.3 is 6.18 Å². The molecule has 0 bridgehead atoms. The van der Waals surface area contributed by atoms with Crippen molar-refractivity contribution in [1.29, 1.82) is 0 Å². The van der Waals surface area contributed by atoms with E-state index in [1.54, 1.807) is 36.5 Å². The molecule has 3 heterocycles. The van der Waals surface area contributed by atoms with Crippen molar-refractivity contribution < 1.29 is 18.3 Å². The smallest absolute Gasteiger partial charge is 0.385 e. The summed E-state index contributed by atoms with van der Waals surface area (Å²) < 4.78 is 40.9. The molecule has 230 valence electrons. The summed E-state index contributed by atoms with van der Waals surface area (Å²) in [6, 6.07) is 25.5. The minimum Gasteiger partial charge on any atom is -0.385 e. The van der Waals surface area contributed by atoms with Crippen LogP contribution in [-0.2, 0) is 11.8 Å². The van der Waals surface area contributed by atoms with E-state index < -0.39 is 17.3 Å². The van der Waals surface area contributed by atoms with Gasteiger partial charge in [0.05, 0.1) is 22.9 Å². The maximum absolute atomic E-state index is 13.6. The largest absolute Gasteiger partial charge is 0.416 e. The van der Waals surface area contributed by atoms with Gasteiger partial charge in [0.2, 0.25) is 5.95 Å². The van der Waals surface area contributed by atoms with Gasteiger partial charge in [-0.3, -0.25) is 0 Å². The van der Waals surface area contributed by atoms with Gasteiger partial charge in [0.25, 0.3) is 0 Å². The molecule has 11 heteroatoms. The molecule has 6 rings (SSSR count). The Morgan fingerprint density at radius 3 is 2.36 bits per heavy atom. The first-order chi connectivity index (χ1) is 21.6. The van der Waals surface area contributed by atoms with E-state index in [0.717, 1.165) is 23.3 Å². The summed E-state index contributed by atoms with van der Waals surface area (Å²) in [5.41, 5.74) is 1.56. The number of halogens is 4. The third-order valence-electron chi connectivity index (χ3n) is 8.12. The van der Waals surface area contributed by atoms with Crippen molar-refractivity contribution in [3.05, 3.63) is 119 Å². The minimum atomic E-state index is -4.52. The summed E-state index contributed by atoms with van der Waals surface area (Å²) in [7, 11) is 0. The SMILES string of the molecule is C[C@H](Nc1nccc(-c2cc(N3CCC(O)(c4ccc(Cl)cc4)CC3)nnc2-c2cccc(C(F)(F)F)c2)n1)c1ccccc1. The molecule has 0 spiro atoms. The van der Waals surface area contributed by atoms with E-state index in [-0.39, 0.29) is 17.3 Å². The first-order valence-corrected chi connectivity index (χ1v) is 14.9. The quantitative estimate of drug-likeness (QED) is 0.189. The molecule has 5 aromatic rings. The van der Waals surface area contributed by atoms with Crippen LogP contribution >= 0.6 is 11.6 Å². The fourth-order valence-corrected chi connectivity index (χ4v) is 5.66. The molecule has 0 aliphatic carbocycles. The summed E-state index contributed by atoms with van der Waals surface area (Å²) in [5.74, 6) is 0.896. The highest BCUT2D eigenvalue weighted by Crippen LogP contribution is 2.38. The minimum absolute atomic E-state index is 0.0942. The maximum Gasteiger partial charge on any atom is 0.416 e. The van der Waals surface area contributed by atoms with Crippen molar-refractivity contribution in [1.82, 2.24) is 20.2 Å². The zero-order valence-electron chi connectivity index (χ0n) is 24.3. The lowest BCUT2D eigenvalue weighted by atomic mass is 9.84. The molecule has 45 heavy (non-hydrogen) atoms. The molecule has 3 aromatic carbocycles. The fraction of sp³-hybridized carbons (Fsp3) is 0.235. The number of piperidine rings is 1. The molecule has 0 saturated carbocycles. The molecule has 1 aliphatic heterocycles. The van der Waals surface area contributed by atoms with Gasteiger partial charge < -0.3 is 15.3 Å². The first kappa shape index (κ1) is 30.5. The highest BCUT2D eigenvalue weighted by molar-refractivity contribution is 6.30. The Balaban J connectivity index is 1.34. The van der Waals surface area contributed by atoms with Gasteiger partial charge in [0, 0.05) is 35.4 Å². The lowest BCUT2D eigenvalue weighted by Gasteiger charge is -2.39. The molecule has 7 nitrogen and oxygen atoms in total. The number of nitrogens with one attached hydrogen (secondary N) is 1. The number of hydrogen-bond donors (Lipinski definition) is 2. The molecule has 1 atom stereocenters. The molecule has 1 fully saturated rings. The number of alkyl halides is 3. The van der Waals surface area contributed by atoms with Crippen LogP contribution in [0.3, 0.4) is 0 Å². The van der Waals surface area contributed by atoms with E-state index in [0.29, 0.717) is 54.0 Å². The van der Waals surface area contributed by atoms with E-state index in [1.165, 1.54) is 6.07 Å². The lowest BCUT2D eigenvalue weighted by molar-refractivity contribution is -0.137. The van der Waals surface area contributed by atoms with Gasteiger partial charge in [-0.2, -0.15) is 13.2 Å². The monoisotopic (exact) mass is 630 g/mol. The number of benzene rings is 3. The van der Waals surface area contributed by atoms with Crippen molar-refractivity contribution in [2.75, 3.05) is 23.3 Å². The summed E-state index contributed by atoms with van der Waals surface area (Å²) in [6.45, 7) is 2.97. The topological polar surface area (TPSA) is 87.1 Å². The van der Waals surface area contributed by atoms with E-state index in [2.05, 4.69) is 20.5 Å². The fourth-order valence-electron chi connectivity index (χ4n) is 5.54. The van der Waals surface area contributed by atoms with Crippen LogP contribution < -0.4 is 10.2 Å². The van der Waals surface area contributed by atoms with E-state index >= 15 is 0 Å². The van der Waals surface area contributed by atoms with Crippen LogP contribution in [0.5, 0.6) is 0 Å². The van der Waals surface area contributed by atoms with E-state index in [9.17, 15) is 18.3 Å². The zero-order valence-corrected chi connectivity index (χ0v) is 25.1. The lowest BCUT2D eigenvalue weighted by Crippen LogP contribution is -2.43. The van der Waals surface area contributed by atoms with Crippen molar-refractivity contribution in [2.24, 2.45) is 0 Å². The highest BCUT2D eigenvalue weighted by atomic mass is 35.5. The second-order valence-corrected chi connectivity index (χ2v) is 11.5. The number of aromatic nitrogens is 4. The standard InChI is InChI=1S/C34H30ClF3N6O/c1-22(23-6-3-2-4-7-23)40-32-39-17-14-29(41-32)28-21-30(42-43-31(28)24-8-5-9-26(20-24)34(36,37)38)44-18-15-33(45,16-19-44)25-10-12-27(35)13-11-25/h2-14,17,20-22,45H,15-16,18-19H2,1H3,(H,39,40,41)/t22-/m0/s1. The van der Waals surface area contributed by atoms with Crippen molar-refractivity contribution in [3.63, 3.8) is 0 Å². The van der Waals surface area contributed by atoms with Crippen molar-refractivity contribution in [2.45, 2.75) is 37.6 Å². The van der Waals surface area contributed by atoms with Crippen LogP contribution in [-0.4, -0.2) is 38.4 Å². The van der Waals surface area contributed by atoms with Crippen LogP contribution in [0.2, 0.25) is 5.02 Å². The molecule has 0 radical (unpaired) electrons. The Morgan fingerprint density at radius 1 is 0.911 bits per heavy atom. The van der Waals surface area contributed by atoms with Gasteiger partial charge in [-0.15, -0.1) is 10.2 Å². The number of hydrogen-bond acceptors (Lipinski definition) is 7. The van der Waals surface area contributed by atoms with E-state index in [4.69, 9.17) is 16.6 Å². The van der Waals surface area contributed by atoms with Crippen LogP contribution in [0, 0.1) is 0 Å². The first-order valence-electron chi connectivity index (χ1n) is 14.5. The van der Waals surface area contributed by atoms with Crippen LogP contribution in [0.4, 0.5) is 24.9 Å². The molecule has 1 aliphatic rings. The molecule has 0 unspecified atom stereocenters. The maximum atomic E-state index is 13.6. The van der Waals surface area contributed by atoms with Crippen molar-refractivity contribution in [3.8, 4) is 22.5 Å². The molecule has 2 aromatic heterocycles. The summed E-state index contributed by atoms with van der Waals surface area (Å²) in [6.07, 6.45) is -2.02. The predicted octanol–water partition coefficient (Wildman–Crippen LogP) is 7.93. The van der Waals surface area contributed by atoms with Crippen LogP contribution in [0.15, 0.2) is 97.2 Å². The molecule has 2 N–H and O–H groups in total. The molecular weight excluding hydrogens is 601 g/mol. The van der Waals surface area contributed by atoms with Gasteiger partial charge in [0.1, 0.15) is 5.69 Å². The number of aliphatic hydroxyl groups is 1. The summed E-state index contributed by atoms with van der Waals surface area (Å²) in [4.78, 5) is 11.1. The summed E-state index contributed by atoms with van der Waals surface area (Å²) in [5, 5.41) is 24.2. The second kappa shape index (κ2) is 12.5. The Hall–Kier alpha value is -4.54. The van der Waals surface area contributed by atoms with Crippen LogP contribution in [0.1, 0.15) is 42.5 Å². The Morgan fingerprint density at radius 2 is 1.64 bits per heavy atom. The number of rotatable bonds is 7. The van der Waals surface area contributed by atoms with Crippen molar-refractivity contribution >= 4 is 23.4 Å². The molecular formula is C34H30ClF3N6O. The third kappa shape index (κ3) is 6.77. The number of nitrogens with zero attached hydrogens (tertiary/aromatic N) is 5. The van der Waals surface area contributed by atoms with Crippen LogP contribution in [0.25, 0.3) is 22.5 Å². The molecule has 0 amide bonds. The summed E-state index contributed by atoms with van der Waals surface area (Å²) >= 11 is 6.04. The predicted molar refractivity (Wildman–Crippen MR) is 169 cm³/mol. The normalized spacial score (nSPS) is 15.5. The average Bonchev–Trinajstić information content (AvgIpc) is 3.05. The third-order valence-corrected chi connectivity index (χ3v) is 8.37. The average molecular weight is 631 g/mol. The second-order valence-electron chi connectivity index (χ2n) is 11.1. The zero-order chi connectivity index (χ0) is 31.6. The Labute approximate surface area is 263 Å². The van der Waals surface area contributed by atoms with E-state index in [1.807, 2.05) is 54.3 Å². The van der Waals surface area contributed by atoms with Gasteiger partial charge in [-0.1, -0.05) is 66.2 Å². The van der Waals surface area contributed by atoms with Gasteiger partial charge in [-0.25, -0.2) is 9.97 Å². The molecule has 1 saturated heterocycles. The van der Waals surface area contributed by atoms with Gasteiger partial charge in [-0.05, 0) is 67.3 Å². The van der Waals surface area contributed by atoms with Gasteiger partial charge in [0.15, 0.2) is 5.82 Å².